The van der Waals surface area contributed by atoms with Gasteiger partial charge in [-0.15, -0.1) is 0 Å². The lowest BCUT2D eigenvalue weighted by Gasteiger charge is -2.34. The highest BCUT2D eigenvalue weighted by Crippen LogP contribution is 2.28. The fourth-order valence-corrected chi connectivity index (χ4v) is 3.23. The van der Waals surface area contributed by atoms with E-state index in [-0.39, 0.29) is 0 Å². The number of aromatic nitrogens is 2. The van der Waals surface area contributed by atoms with Crippen molar-refractivity contribution in [3.63, 3.8) is 0 Å². The van der Waals surface area contributed by atoms with Crippen molar-refractivity contribution < 1.29 is 0 Å². The van der Waals surface area contributed by atoms with Crippen LogP contribution in [0.5, 0.6) is 0 Å². The van der Waals surface area contributed by atoms with Gasteiger partial charge in [0.15, 0.2) is 0 Å². The molecule has 1 unspecified atom stereocenters. The van der Waals surface area contributed by atoms with E-state index in [0.29, 0.717) is 5.54 Å². The zero-order valence-corrected chi connectivity index (χ0v) is 11.9. The molecular formula is C15H27N3. The molecule has 3 heteroatoms. The molecule has 1 N–H and O–H groups in total. The van der Waals surface area contributed by atoms with Gasteiger partial charge in [-0.3, -0.25) is 0 Å². The van der Waals surface area contributed by atoms with Crippen molar-refractivity contribution >= 4 is 0 Å². The minimum Gasteiger partial charge on any atom is -0.338 e. The van der Waals surface area contributed by atoms with Crippen LogP contribution in [-0.2, 0) is 13.5 Å². The van der Waals surface area contributed by atoms with E-state index in [2.05, 4.69) is 28.8 Å². The maximum Gasteiger partial charge on any atom is 0.108 e. The molecule has 0 amide bonds. The van der Waals surface area contributed by atoms with Gasteiger partial charge in [-0.05, 0) is 32.2 Å². The molecule has 0 radical (unpaired) electrons. The molecule has 1 aromatic heterocycles. The zero-order chi connectivity index (χ0) is 12.8. The van der Waals surface area contributed by atoms with Crippen molar-refractivity contribution in [2.45, 2.75) is 63.8 Å². The molecule has 1 aromatic rings. The molecule has 0 aliphatic carbocycles. The van der Waals surface area contributed by atoms with E-state index >= 15 is 0 Å². The first-order valence-corrected chi connectivity index (χ1v) is 7.47. The molecule has 0 aromatic carbocycles. The summed E-state index contributed by atoms with van der Waals surface area (Å²) in [5.41, 5.74) is 0.372. The maximum atomic E-state index is 4.45. The van der Waals surface area contributed by atoms with Crippen molar-refractivity contribution in [1.29, 1.82) is 0 Å². The van der Waals surface area contributed by atoms with Crippen LogP contribution in [0, 0.1) is 0 Å². The Bertz CT molecular complexity index is 348. The number of nitrogens with one attached hydrogen (secondary N) is 1. The van der Waals surface area contributed by atoms with Crippen LogP contribution in [0.4, 0.5) is 0 Å². The van der Waals surface area contributed by atoms with Gasteiger partial charge in [-0.1, -0.05) is 26.2 Å². The Kier molecular flexibility index (Phi) is 4.81. The van der Waals surface area contributed by atoms with Crippen LogP contribution in [-0.4, -0.2) is 21.6 Å². The highest BCUT2D eigenvalue weighted by atomic mass is 15.0. The first-order chi connectivity index (χ1) is 8.76. The first-order valence-electron chi connectivity index (χ1n) is 7.47. The SMILES string of the molecule is CCCC1(CCc2nccn2C)CCCCCN1. The van der Waals surface area contributed by atoms with Crippen molar-refractivity contribution in [2.24, 2.45) is 7.05 Å². The van der Waals surface area contributed by atoms with Crippen molar-refractivity contribution in [3.05, 3.63) is 18.2 Å². The summed E-state index contributed by atoms with van der Waals surface area (Å²) in [6, 6.07) is 0. The van der Waals surface area contributed by atoms with Gasteiger partial charge in [0.05, 0.1) is 0 Å². The fraction of sp³-hybridized carbons (Fsp3) is 0.800. The van der Waals surface area contributed by atoms with E-state index in [9.17, 15) is 0 Å². The van der Waals surface area contributed by atoms with Crippen molar-refractivity contribution in [3.8, 4) is 0 Å². The van der Waals surface area contributed by atoms with Gasteiger partial charge < -0.3 is 9.88 Å². The maximum absolute atomic E-state index is 4.45. The summed E-state index contributed by atoms with van der Waals surface area (Å²) >= 11 is 0. The Morgan fingerprint density at radius 1 is 1.33 bits per heavy atom. The molecule has 3 nitrogen and oxygen atoms in total. The van der Waals surface area contributed by atoms with Gasteiger partial charge in [0.25, 0.3) is 0 Å². The lowest BCUT2D eigenvalue weighted by Crippen LogP contribution is -2.45. The fourth-order valence-electron chi connectivity index (χ4n) is 3.23. The summed E-state index contributed by atoms with van der Waals surface area (Å²) < 4.78 is 2.15. The van der Waals surface area contributed by atoms with E-state index in [0.717, 1.165) is 6.42 Å². The van der Waals surface area contributed by atoms with Crippen LogP contribution in [0.25, 0.3) is 0 Å². The quantitative estimate of drug-likeness (QED) is 0.869. The second-order valence-electron chi connectivity index (χ2n) is 5.72. The third-order valence-corrected chi connectivity index (χ3v) is 4.31. The number of aryl methyl sites for hydroxylation is 2. The average Bonchev–Trinajstić information content (AvgIpc) is 2.63. The zero-order valence-electron chi connectivity index (χ0n) is 11.9. The number of imidazole rings is 1. The first kappa shape index (κ1) is 13.6. The average molecular weight is 249 g/mol. The Hall–Kier alpha value is -0.830. The van der Waals surface area contributed by atoms with Gasteiger partial charge in [-0.2, -0.15) is 0 Å². The van der Waals surface area contributed by atoms with E-state index in [4.69, 9.17) is 0 Å². The summed E-state index contributed by atoms with van der Waals surface area (Å²) in [4.78, 5) is 4.45. The summed E-state index contributed by atoms with van der Waals surface area (Å²) in [5.74, 6) is 1.22. The second kappa shape index (κ2) is 6.37. The molecule has 2 rings (SSSR count). The predicted octanol–water partition coefficient (Wildman–Crippen LogP) is 3.06. The van der Waals surface area contributed by atoms with Crippen LogP contribution >= 0.6 is 0 Å². The Balaban J connectivity index is 1.98. The van der Waals surface area contributed by atoms with Crippen molar-refractivity contribution in [1.82, 2.24) is 14.9 Å². The monoisotopic (exact) mass is 249 g/mol. The third-order valence-electron chi connectivity index (χ3n) is 4.31. The molecule has 102 valence electrons. The normalized spacial score (nSPS) is 25.0. The van der Waals surface area contributed by atoms with E-state index < -0.39 is 0 Å². The number of hydrogen-bond donors (Lipinski definition) is 1. The van der Waals surface area contributed by atoms with Gasteiger partial charge in [0.1, 0.15) is 5.82 Å². The lowest BCUT2D eigenvalue weighted by molar-refractivity contribution is 0.268. The standard InChI is InChI=1S/C15H27N3/c1-3-8-15(9-5-4-6-11-17-15)10-7-14-16-12-13-18(14)2/h12-13,17H,3-11H2,1-2H3. The van der Waals surface area contributed by atoms with Gasteiger partial charge in [0.2, 0.25) is 0 Å². The summed E-state index contributed by atoms with van der Waals surface area (Å²) in [6.45, 7) is 3.50. The minimum absolute atomic E-state index is 0.372. The van der Waals surface area contributed by atoms with E-state index in [1.54, 1.807) is 0 Å². The molecule has 18 heavy (non-hydrogen) atoms. The summed E-state index contributed by atoms with van der Waals surface area (Å²) in [5, 5.41) is 3.84. The minimum atomic E-state index is 0.372. The molecule has 0 bridgehead atoms. The second-order valence-corrected chi connectivity index (χ2v) is 5.72. The largest absolute Gasteiger partial charge is 0.338 e. The molecule has 1 atom stereocenters. The summed E-state index contributed by atoms with van der Waals surface area (Å²) in [7, 11) is 2.09. The van der Waals surface area contributed by atoms with Crippen molar-refractivity contribution in [2.75, 3.05) is 6.54 Å². The van der Waals surface area contributed by atoms with Crippen LogP contribution in [0.1, 0.15) is 57.7 Å². The lowest BCUT2D eigenvalue weighted by atomic mass is 9.84. The number of hydrogen-bond acceptors (Lipinski definition) is 2. The molecule has 1 aliphatic heterocycles. The van der Waals surface area contributed by atoms with Crippen LogP contribution in [0.2, 0.25) is 0 Å². The highest BCUT2D eigenvalue weighted by Gasteiger charge is 2.29. The third kappa shape index (κ3) is 3.35. The molecule has 1 saturated heterocycles. The van der Waals surface area contributed by atoms with E-state index in [1.807, 2.05) is 12.4 Å². The number of nitrogens with zero attached hydrogens (tertiary/aromatic N) is 2. The number of rotatable bonds is 5. The molecule has 0 saturated carbocycles. The van der Waals surface area contributed by atoms with E-state index in [1.165, 1.54) is 57.3 Å². The van der Waals surface area contributed by atoms with Gasteiger partial charge in [0, 0.05) is 31.4 Å². The molecule has 0 spiro atoms. The van der Waals surface area contributed by atoms with Crippen LogP contribution in [0.15, 0.2) is 12.4 Å². The smallest absolute Gasteiger partial charge is 0.108 e. The molecule has 2 heterocycles. The van der Waals surface area contributed by atoms with Crippen LogP contribution in [0.3, 0.4) is 0 Å². The molecule has 1 aliphatic rings. The highest BCUT2D eigenvalue weighted by molar-refractivity contribution is 4.97. The molecular weight excluding hydrogens is 222 g/mol. The Morgan fingerprint density at radius 2 is 2.22 bits per heavy atom. The summed E-state index contributed by atoms with van der Waals surface area (Å²) in [6.07, 6.45) is 14.3. The van der Waals surface area contributed by atoms with Crippen LogP contribution < -0.4 is 5.32 Å². The Morgan fingerprint density at radius 3 is 2.94 bits per heavy atom. The predicted molar refractivity (Wildman–Crippen MR) is 75.6 cm³/mol. The Labute approximate surface area is 111 Å². The van der Waals surface area contributed by atoms with Gasteiger partial charge in [-0.25, -0.2) is 4.98 Å². The van der Waals surface area contributed by atoms with Gasteiger partial charge >= 0.3 is 0 Å². The topological polar surface area (TPSA) is 29.9 Å². The molecule has 1 fully saturated rings.